The van der Waals surface area contributed by atoms with E-state index in [4.69, 9.17) is 5.11 Å². The SMILES string of the molecule is CC(C)(CC(=O)O)c1ccc(O)cc1C=O. The van der Waals surface area contributed by atoms with Crippen LogP contribution in [0.15, 0.2) is 18.2 Å². The molecule has 0 heterocycles. The van der Waals surface area contributed by atoms with Gasteiger partial charge in [-0.25, -0.2) is 0 Å². The third kappa shape index (κ3) is 2.59. The molecule has 86 valence electrons. The quantitative estimate of drug-likeness (QED) is 0.763. The van der Waals surface area contributed by atoms with Gasteiger partial charge in [-0.05, 0) is 17.7 Å². The molecule has 0 unspecified atom stereocenters. The molecule has 0 spiro atoms. The van der Waals surface area contributed by atoms with E-state index >= 15 is 0 Å². The summed E-state index contributed by atoms with van der Waals surface area (Å²) in [5.74, 6) is -0.924. The topological polar surface area (TPSA) is 74.6 Å². The first kappa shape index (κ1) is 12.2. The lowest BCUT2D eigenvalue weighted by Gasteiger charge is -2.24. The fraction of sp³-hybridized carbons (Fsp3) is 0.333. The molecule has 0 aromatic heterocycles. The summed E-state index contributed by atoms with van der Waals surface area (Å²) in [5.41, 5.74) is 0.310. The van der Waals surface area contributed by atoms with Gasteiger partial charge in [0.05, 0.1) is 6.42 Å². The van der Waals surface area contributed by atoms with Gasteiger partial charge in [-0.15, -0.1) is 0 Å². The van der Waals surface area contributed by atoms with Gasteiger partial charge >= 0.3 is 5.97 Å². The molecule has 1 rings (SSSR count). The standard InChI is InChI=1S/C12H14O4/c1-12(2,6-11(15)16)10-4-3-9(14)5-8(10)7-13/h3-5,7,14H,6H2,1-2H3,(H,15,16). The molecule has 0 bridgehead atoms. The van der Waals surface area contributed by atoms with Gasteiger partial charge < -0.3 is 10.2 Å². The first-order valence-corrected chi connectivity index (χ1v) is 4.87. The van der Waals surface area contributed by atoms with Crippen molar-refractivity contribution in [3.8, 4) is 5.75 Å². The van der Waals surface area contributed by atoms with E-state index in [9.17, 15) is 14.7 Å². The average molecular weight is 222 g/mol. The van der Waals surface area contributed by atoms with Crippen molar-refractivity contribution in [1.82, 2.24) is 0 Å². The lowest BCUT2D eigenvalue weighted by molar-refractivity contribution is -0.138. The van der Waals surface area contributed by atoms with Crippen molar-refractivity contribution in [1.29, 1.82) is 0 Å². The molecule has 0 aliphatic rings. The van der Waals surface area contributed by atoms with Crippen molar-refractivity contribution >= 4 is 12.3 Å². The van der Waals surface area contributed by atoms with Crippen LogP contribution in [0.1, 0.15) is 36.2 Å². The molecule has 2 N–H and O–H groups in total. The maximum atomic E-state index is 10.9. The summed E-state index contributed by atoms with van der Waals surface area (Å²) >= 11 is 0. The number of phenolic OH excluding ortho intramolecular Hbond substituents is 1. The maximum absolute atomic E-state index is 10.9. The van der Waals surface area contributed by atoms with Crippen molar-refractivity contribution in [2.24, 2.45) is 0 Å². The second kappa shape index (κ2) is 4.35. The van der Waals surface area contributed by atoms with Crippen LogP contribution in [0.25, 0.3) is 0 Å². The second-order valence-electron chi connectivity index (χ2n) is 4.34. The van der Waals surface area contributed by atoms with Gasteiger partial charge in [0.25, 0.3) is 0 Å². The average Bonchev–Trinajstić information content (AvgIpc) is 2.15. The van der Waals surface area contributed by atoms with E-state index in [1.165, 1.54) is 12.1 Å². The molecule has 4 heteroatoms. The molecule has 16 heavy (non-hydrogen) atoms. The molecule has 1 aromatic rings. The molecule has 0 fully saturated rings. The van der Waals surface area contributed by atoms with Crippen LogP contribution in [0.3, 0.4) is 0 Å². The minimum absolute atomic E-state index is 0.00280. The Balaban J connectivity index is 3.20. The lowest BCUT2D eigenvalue weighted by atomic mass is 9.79. The summed E-state index contributed by atoms with van der Waals surface area (Å²) in [7, 11) is 0. The minimum atomic E-state index is -0.921. The number of carbonyl (C=O) groups excluding carboxylic acids is 1. The summed E-state index contributed by atoms with van der Waals surface area (Å²) in [5, 5.41) is 18.0. The number of carboxylic acid groups (broad SMARTS) is 1. The van der Waals surface area contributed by atoms with Crippen molar-refractivity contribution in [2.45, 2.75) is 25.7 Å². The Morgan fingerprint density at radius 3 is 2.56 bits per heavy atom. The summed E-state index contributed by atoms with van der Waals surface area (Å²) in [6.45, 7) is 3.50. The van der Waals surface area contributed by atoms with Crippen molar-refractivity contribution in [3.05, 3.63) is 29.3 Å². The van der Waals surface area contributed by atoms with Crippen LogP contribution in [0.5, 0.6) is 5.75 Å². The fourth-order valence-electron chi connectivity index (χ4n) is 1.74. The van der Waals surface area contributed by atoms with Crippen molar-refractivity contribution in [2.75, 3.05) is 0 Å². The largest absolute Gasteiger partial charge is 0.508 e. The van der Waals surface area contributed by atoms with Crippen LogP contribution in [-0.4, -0.2) is 22.5 Å². The van der Waals surface area contributed by atoms with E-state index in [-0.39, 0.29) is 12.2 Å². The molecule has 4 nitrogen and oxygen atoms in total. The fourth-order valence-corrected chi connectivity index (χ4v) is 1.74. The van der Waals surface area contributed by atoms with Crippen LogP contribution in [0.4, 0.5) is 0 Å². The first-order valence-electron chi connectivity index (χ1n) is 4.87. The van der Waals surface area contributed by atoms with E-state index in [1.54, 1.807) is 19.9 Å². The van der Waals surface area contributed by atoms with Gasteiger partial charge in [-0.3, -0.25) is 9.59 Å². The highest BCUT2D eigenvalue weighted by atomic mass is 16.4. The number of aromatic hydroxyl groups is 1. The highest BCUT2D eigenvalue weighted by Gasteiger charge is 2.26. The third-order valence-corrected chi connectivity index (χ3v) is 2.48. The highest BCUT2D eigenvalue weighted by Crippen LogP contribution is 2.31. The van der Waals surface area contributed by atoms with Crippen LogP contribution < -0.4 is 0 Å². The minimum Gasteiger partial charge on any atom is -0.508 e. The zero-order valence-electron chi connectivity index (χ0n) is 9.23. The Morgan fingerprint density at radius 2 is 2.06 bits per heavy atom. The predicted octanol–water partition coefficient (Wildman–Crippen LogP) is 1.96. The van der Waals surface area contributed by atoms with Crippen LogP contribution in [0, 0.1) is 0 Å². The Hall–Kier alpha value is -1.84. The van der Waals surface area contributed by atoms with E-state index in [0.717, 1.165) is 0 Å². The van der Waals surface area contributed by atoms with Gasteiger partial charge in [-0.1, -0.05) is 19.9 Å². The Kier molecular flexibility index (Phi) is 3.32. The number of benzene rings is 1. The Labute approximate surface area is 93.5 Å². The number of hydrogen-bond donors (Lipinski definition) is 2. The summed E-state index contributed by atoms with van der Waals surface area (Å²) < 4.78 is 0. The molecule has 0 aliphatic carbocycles. The molecule has 0 radical (unpaired) electrons. The van der Waals surface area contributed by atoms with Gasteiger partial charge in [-0.2, -0.15) is 0 Å². The normalized spacial score (nSPS) is 11.1. The van der Waals surface area contributed by atoms with Crippen LogP contribution in [0.2, 0.25) is 0 Å². The monoisotopic (exact) mass is 222 g/mol. The number of rotatable bonds is 4. The molecule has 0 amide bonds. The van der Waals surface area contributed by atoms with E-state index in [1.807, 2.05) is 0 Å². The molecule has 0 atom stereocenters. The number of carbonyl (C=O) groups is 2. The maximum Gasteiger partial charge on any atom is 0.304 e. The summed E-state index contributed by atoms with van der Waals surface area (Å²) in [6.07, 6.45) is 0.553. The zero-order valence-corrected chi connectivity index (χ0v) is 9.23. The van der Waals surface area contributed by atoms with Crippen molar-refractivity contribution < 1.29 is 19.8 Å². The van der Waals surface area contributed by atoms with Crippen LogP contribution in [-0.2, 0) is 10.2 Å². The summed E-state index contributed by atoms with van der Waals surface area (Å²) in [4.78, 5) is 21.6. The second-order valence-corrected chi connectivity index (χ2v) is 4.34. The number of hydrogen-bond acceptors (Lipinski definition) is 3. The summed E-state index contributed by atoms with van der Waals surface area (Å²) in [6, 6.07) is 4.37. The molecular weight excluding hydrogens is 208 g/mol. The Morgan fingerprint density at radius 1 is 1.44 bits per heavy atom. The van der Waals surface area contributed by atoms with Gasteiger partial charge in [0.1, 0.15) is 12.0 Å². The molecule has 1 aromatic carbocycles. The molecule has 0 aliphatic heterocycles. The molecule has 0 saturated carbocycles. The predicted molar refractivity (Wildman–Crippen MR) is 58.8 cm³/mol. The highest BCUT2D eigenvalue weighted by molar-refractivity contribution is 5.80. The van der Waals surface area contributed by atoms with Gasteiger partial charge in [0.2, 0.25) is 0 Å². The van der Waals surface area contributed by atoms with E-state index < -0.39 is 11.4 Å². The zero-order chi connectivity index (χ0) is 12.3. The molecular formula is C12H14O4. The number of carboxylic acids is 1. The van der Waals surface area contributed by atoms with Gasteiger partial charge in [0, 0.05) is 11.0 Å². The Bertz CT molecular complexity index is 421. The smallest absolute Gasteiger partial charge is 0.304 e. The van der Waals surface area contributed by atoms with E-state index in [0.29, 0.717) is 17.4 Å². The van der Waals surface area contributed by atoms with Crippen molar-refractivity contribution in [3.63, 3.8) is 0 Å². The molecule has 0 saturated heterocycles. The number of phenols is 1. The van der Waals surface area contributed by atoms with E-state index in [2.05, 4.69) is 0 Å². The van der Waals surface area contributed by atoms with Crippen LogP contribution >= 0.6 is 0 Å². The lowest BCUT2D eigenvalue weighted by Crippen LogP contribution is -2.23. The number of aliphatic carboxylic acids is 1. The number of aldehydes is 1. The third-order valence-electron chi connectivity index (χ3n) is 2.48. The first-order chi connectivity index (χ1) is 7.36. The van der Waals surface area contributed by atoms with Gasteiger partial charge in [0.15, 0.2) is 0 Å².